The monoisotopic (exact) mass is 492 g/mol. The minimum atomic E-state index is -3.91. The predicted molar refractivity (Wildman–Crippen MR) is 121 cm³/mol. The Labute approximate surface area is 195 Å². The Morgan fingerprint density at radius 1 is 1.12 bits per heavy atom. The number of ether oxygens (including phenoxy) is 2. The Hall–Kier alpha value is -3.34. The average molecular weight is 493 g/mol. The van der Waals surface area contributed by atoms with Gasteiger partial charge in [-0.25, -0.2) is 17.9 Å². The number of nitrogens with one attached hydrogen (secondary N) is 2. The Morgan fingerprint density at radius 3 is 2.61 bits per heavy atom. The van der Waals surface area contributed by atoms with Crippen LogP contribution in [0, 0.1) is 0 Å². The molecule has 1 amide bonds. The lowest BCUT2D eigenvalue weighted by Gasteiger charge is -2.15. The first-order chi connectivity index (χ1) is 15.7. The molecule has 9 nitrogen and oxygen atoms in total. The summed E-state index contributed by atoms with van der Waals surface area (Å²) in [5.74, 6) is -0.664. The molecule has 0 aliphatic carbocycles. The maximum absolute atomic E-state index is 12.5. The minimum absolute atomic E-state index is 0.0316. The Balaban J connectivity index is 1.66. The van der Waals surface area contributed by atoms with Crippen LogP contribution in [0.4, 0.5) is 5.69 Å². The van der Waals surface area contributed by atoms with Crippen LogP contribution in [0.15, 0.2) is 70.2 Å². The fourth-order valence-electron chi connectivity index (χ4n) is 2.75. The van der Waals surface area contributed by atoms with Gasteiger partial charge in [0, 0.05) is 5.02 Å². The molecule has 0 aliphatic heterocycles. The Kier molecular flexibility index (Phi) is 7.75. The molecule has 0 aliphatic rings. The molecule has 0 saturated carbocycles. The molecule has 1 atom stereocenters. The van der Waals surface area contributed by atoms with E-state index < -0.39 is 28.0 Å². The normalized spacial score (nSPS) is 12.1. The van der Waals surface area contributed by atoms with Crippen LogP contribution in [0.2, 0.25) is 5.02 Å². The number of amides is 1. The number of carbonyl (C=O) groups is 2. The summed E-state index contributed by atoms with van der Waals surface area (Å²) in [6, 6.07) is 13.2. The summed E-state index contributed by atoms with van der Waals surface area (Å²) in [4.78, 5) is 24.9. The summed E-state index contributed by atoms with van der Waals surface area (Å²) in [5, 5.41) is 2.97. The van der Waals surface area contributed by atoms with Gasteiger partial charge >= 0.3 is 5.97 Å². The van der Waals surface area contributed by atoms with E-state index in [4.69, 9.17) is 25.5 Å². The zero-order valence-electron chi connectivity index (χ0n) is 17.7. The lowest BCUT2D eigenvalue weighted by Crippen LogP contribution is -2.30. The molecular weight excluding hydrogens is 472 g/mol. The van der Waals surface area contributed by atoms with Gasteiger partial charge in [-0.3, -0.25) is 4.79 Å². The molecule has 1 aromatic heterocycles. The number of esters is 1. The first kappa shape index (κ1) is 24.3. The van der Waals surface area contributed by atoms with Gasteiger partial charge in [-0.1, -0.05) is 17.7 Å². The molecule has 2 N–H and O–H groups in total. The summed E-state index contributed by atoms with van der Waals surface area (Å²) < 4.78 is 42.9. The van der Waals surface area contributed by atoms with Crippen LogP contribution >= 0.6 is 11.6 Å². The van der Waals surface area contributed by atoms with Crippen molar-refractivity contribution in [1.82, 2.24) is 4.72 Å². The van der Waals surface area contributed by atoms with Crippen molar-refractivity contribution >= 4 is 39.2 Å². The zero-order valence-corrected chi connectivity index (χ0v) is 19.3. The molecule has 0 saturated heterocycles. The van der Waals surface area contributed by atoms with Gasteiger partial charge in [0.15, 0.2) is 6.10 Å². The van der Waals surface area contributed by atoms with Crippen LogP contribution in [0.3, 0.4) is 0 Å². The number of hydrogen-bond donors (Lipinski definition) is 2. The smallest absolute Gasteiger partial charge is 0.338 e. The number of halogens is 1. The van der Waals surface area contributed by atoms with Gasteiger partial charge in [0.05, 0.1) is 36.1 Å². The van der Waals surface area contributed by atoms with E-state index in [0.717, 1.165) is 6.07 Å². The second kappa shape index (κ2) is 10.5. The number of benzene rings is 2. The average Bonchev–Trinajstić information content (AvgIpc) is 3.32. The lowest BCUT2D eigenvalue weighted by atomic mass is 10.2. The zero-order chi connectivity index (χ0) is 24.0. The van der Waals surface area contributed by atoms with Gasteiger partial charge in [0.25, 0.3) is 5.91 Å². The van der Waals surface area contributed by atoms with E-state index >= 15 is 0 Å². The van der Waals surface area contributed by atoms with Gasteiger partial charge in [0.1, 0.15) is 11.5 Å². The second-order valence-electron chi connectivity index (χ2n) is 6.81. The molecule has 0 radical (unpaired) electrons. The van der Waals surface area contributed by atoms with Crippen LogP contribution in [0.1, 0.15) is 23.0 Å². The summed E-state index contributed by atoms with van der Waals surface area (Å²) in [6.45, 7) is 1.34. The van der Waals surface area contributed by atoms with Crippen LogP contribution in [0.25, 0.3) is 0 Å². The summed E-state index contributed by atoms with van der Waals surface area (Å²) >= 11 is 5.95. The molecule has 0 spiro atoms. The van der Waals surface area contributed by atoms with Crippen molar-refractivity contribution in [3.63, 3.8) is 0 Å². The van der Waals surface area contributed by atoms with Crippen LogP contribution in [0.5, 0.6) is 5.75 Å². The minimum Gasteiger partial charge on any atom is -0.495 e. The maximum Gasteiger partial charge on any atom is 0.338 e. The SMILES string of the molecule is COc1ccc(Cl)cc1NC(=O)C(C)OC(=O)c1cccc(S(=O)(=O)NCc2ccco2)c1. The second-order valence-corrected chi connectivity index (χ2v) is 9.02. The third kappa shape index (κ3) is 6.35. The number of methoxy groups -OCH3 is 1. The number of furan rings is 1. The van der Waals surface area contributed by atoms with E-state index in [0.29, 0.717) is 22.2 Å². The first-order valence-corrected chi connectivity index (χ1v) is 11.5. The standard InChI is InChI=1S/C22H21ClN2O7S/c1-14(21(26)25-19-12-16(23)8-9-20(19)30-2)32-22(27)15-5-3-7-18(11-15)33(28,29)24-13-17-6-4-10-31-17/h3-12,14,24H,13H2,1-2H3,(H,25,26). The molecule has 0 fully saturated rings. The van der Waals surface area contributed by atoms with Crippen LogP contribution < -0.4 is 14.8 Å². The lowest BCUT2D eigenvalue weighted by molar-refractivity contribution is -0.123. The highest BCUT2D eigenvalue weighted by molar-refractivity contribution is 7.89. The third-order valence-electron chi connectivity index (χ3n) is 4.47. The summed E-state index contributed by atoms with van der Waals surface area (Å²) in [5.41, 5.74) is 0.282. The quantitative estimate of drug-likeness (QED) is 0.437. The summed E-state index contributed by atoms with van der Waals surface area (Å²) in [6.07, 6.45) is 0.249. The fraction of sp³-hybridized carbons (Fsp3) is 0.182. The topological polar surface area (TPSA) is 124 Å². The van der Waals surface area contributed by atoms with Gasteiger partial charge in [0.2, 0.25) is 10.0 Å². The van der Waals surface area contributed by atoms with E-state index in [1.165, 1.54) is 44.6 Å². The number of carbonyl (C=O) groups excluding carboxylic acids is 2. The molecule has 2 aromatic carbocycles. The number of sulfonamides is 1. The largest absolute Gasteiger partial charge is 0.495 e. The summed E-state index contributed by atoms with van der Waals surface area (Å²) in [7, 11) is -2.48. The van der Waals surface area contributed by atoms with Crippen molar-refractivity contribution in [3.05, 3.63) is 77.2 Å². The number of anilines is 1. The van der Waals surface area contributed by atoms with Crippen molar-refractivity contribution in [2.45, 2.75) is 24.5 Å². The van der Waals surface area contributed by atoms with Gasteiger partial charge < -0.3 is 19.2 Å². The molecular formula is C22H21ClN2O7S. The van der Waals surface area contributed by atoms with Gasteiger partial charge in [-0.05, 0) is 55.5 Å². The predicted octanol–water partition coefficient (Wildman–Crippen LogP) is 3.60. The van der Waals surface area contributed by atoms with E-state index in [1.807, 2.05) is 0 Å². The van der Waals surface area contributed by atoms with Crippen molar-refractivity contribution in [3.8, 4) is 5.75 Å². The van der Waals surface area contributed by atoms with Crippen molar-refractivity contribution in [1.29, 1.82) is 0 Å². The van der Waals surface area contributed by atoms with Crippen LogP contribution in [-0.4, -0.2) is 33.5 Å². The third-order valence-corrected chi connectivity index (χ3v) is 6.10. The van der Waals surface area contributed by atoms with E-state index in [2.05, 4.69) is 10.0 Å². The fourth-order valence-corrected chi connectivity index (χ4v) is 3.96. The van der Waals surface area contributed by atoms with Crippen LogP contribution in [-0.2, 0) is 26.1 Å². The highest BCUT2D eigenvalue weighted by Gasteiger charge is 2.22. The Bertz CT molecular complexity index is 1240. The Morgan fingerprint density at radius 2 is 1.91 bits per heavy atom. The van der Waals surface area contributed by atoms with Crippen molar-refractivity contribution < 1.29 is 31.9 Å². The highest BCUT2D eigenvalue weighted by atomic mass is 35.5. The number of hydrogen-bond acceptors (Lipinski definition) is 7. The molecule has 1 heterocycles. The first-order valence-electron chi connectivity index (χ1n) is 9.67. The van der Waals surface area contributed by atoms with Crippen molar-refractivity contribution in [2.24, 2.45) is 0 Å². The van der Waals surface area contributed by atoms with E-state index in [-0.39, 0.29) is 17.0 Å². The molecule has 11 heteroatoms. The molecule has 3 rings (SSSR count). The van der Waals surface area contributed by atoms with Crippen molar-refractivity contribution in [2.75, 3.05) is 12.4 Å². The number of rotatable bonds is 9. The molecule has 1 unspecified atom stereocenters. The van der Waals surface area contributed by atoms with E-state index in [9.17, 15) is 18.0 Å². The highest BCUT2D eigenvalue weighted by Crippen LogP contribution is 2.28. The molecule has 33 heavy (non-hydrogen) atoms. The van der Waals surface area contributed by atoms with Gasteiger partial charge in [-0.15, -0.1) is 0 Å². The molecule has 174 valence electrons. The molecule has 3 aromatic rings. The van der Waals surface area contributed by atoms with Gasteiger partial charge in [-0.2, -0.15) is 0 Å². The van der Waals surface area contributed by atoms with E-state index in [1.54, 1.807) is 24.3 Å². The molecule has 0 bridgehead atoms. The maximum atomic E-state index is 12.5.